The molecule has 1 saturated heterocycles. The molecule has 0 aromatic heterocycles. The van der Waals surface area contributed by atoms with Crippen molar-refractivity contribution in [2.75, 3.05) is 13.1 Å². The first-order valence-corrected chi connectivity index (χ1v) is 4.79. The van der Waals surface area contributed by atoms with Gasteiger partial charge in [-0.1, -0.05) is 20.8 Å². The summed E-state index contributed by atoms with van der Waals surface area (Å²) in [6, 6.07) is 0. The molecule has 2 aliphatic rings. The second-order valence-electron chi connectivity index (χ2n) is 5.41. The summed E-state index contributed by atoms with van der Waals surface area (Å²) < 4.78 is 0. The second-order valence-corrected chi connectivity index (χ2v) is 5.41. The van der Waals surface area contributed by atoms with Gasteiger partial charge in [-0.25, -0.2) is 0 Å². The van der Waals surface area contributed by atoms with Gasteiger partial charge in [0.1, 0.15) is 0 Å². The zero-order valence-corrected chi connectivity index (χ0v) is 7.85. The van der Waals surface area contributed by atoms with Gasteiger partial charge in [0.25, 0.3) is 0 Å². The highest BCUT2D eigenvalue weighted by molar-refractivity contribution is 5.04. The smallest absolute Gasteiger partial charge is 0.00144 e. The molecule has 1 aliphatic heterocycles. The molecule has 1 heterocycles. The first kappa shape index (κ1) is 7.60. The molecule has 0 aromatic rings. The molecule has 0 bridgehead atoms. The van der Waals surface area contributed by atoms with E-state index in [-0.39, 0.29) is 0 Å². The lowest BCUT2D eigenvalue weighted by Gasteiger charge is -2.19. The zero-order valence-electron chi connectivity index (χ0n) is 7.85. The van der Waals surface area contributed by atoms with Crippen LogP contribution in [0.5, 0.6) is 0 Å². The van der Waals surface area contributed by atoms with Gasteiger partial charge in [-0.2, -0.15) is 0 Å². The molecule has 1 nitrogen and oxygen atoms in total. The molecule has 0 amide bonds. The van der Waals surface area contributed by atoms with Gasteiger partial charge in [-0.05, 0) is 42.7 Å². The van der Waals surface area contributed by atoms with E-state index < -0.39 is 0 Å². The molecule has 3 atom stereocenters. The maximum atomic E-state index is 3.44. The number of fused-ring (bicyclic) bond motifs is 1. The maximum absolute atomic E-state index is 3.44. The SMILES string of the molecule is CC(C)(C)CC1[C@H]2CNC[C@@H]12. The van der Waals surface area contributed by atoms with Gasteiger partial charge < -0.3 is 5.32 Å². The lowest BCUT2D eigenvalue weighted by Crippen LogP contribution is -2.17. The van der Waals surface area contributed by atoms with E-state index in [4.69, 9.17) is 0 Å². The zero-order chi connectivity index (χ0) is 8.06. The van der Waals surface area contributed by atoms with E-state index in [1.165, 1.54) is 19.5 Å². The van der Waals surface area contributed by atoms with Crippen molar-refractivity contribution in [1.82, 2.24) is 5.32 Å². The van der Waals surface area contributed by atoms with Gasteiger partial charge in [-0.15, -0.1) is 0 Å². The molecule has 11 heavy (non-hydrogen) atoms. The molecule has 1 aliphatic carbocycles. The van der Waals surface area contributed by atoms with Gasteiger partial charge in [0.05, 0.1) is 0 Å². The van der Waals surface area contributed by atoms with E-state index in [2.05, 4.69) is 26.1 Å². The number of hydrogen-bond acceptors (Lipinski definition) is 1. The minimum Gasteiger partial charge on any atom is -0.316 e. The number of nitrogens with one attached hydrogen (secondary N) is 1. The highest BCUT2D eigenvalue weighted by atomic mass is 15.0. The standard InChI is InChI=1S/C10H19N/c1-10(2,3)4-7-8-5-11-6-9(7)8/h7-9,11H,4-6H2,1-3H3/t7?,8-,9+. The monoisotopic (exact) mass is 153 g/mol. The highest BCUT2D eigenvalue weighted by Crippen LogP contribution is 2.53. The van der Waals surface area contributed by atoms with Crippen molar-refractivity contribution in [3.63, 3.8) is 0 Å². The van der Waals surface area contributed by atoms with Gasteiger partial charge >= 0.3 is 0 Å². The first-order valence-electron chi connectivity index (χ1n) is 4.79. The fourth-order valence-corrected chi connectivity index (χ4v) is 2.56. The van der Waals surface area contributed by atoms with Crippen molar-refractivity contribution >= 4 is 0 Å². The van der Waals surface area contributed by atoms with Crippen LogP contribution in [0.2, 0.25) is 0 Å². The maximum Gasteiger partial charge on any atom is -0.00144 e. The van der Waals surface area contributed by atoms with Crippen LogP contribution in [0.1, 0.15) is 27.2 Å². The molecule has 1 saturated carbocycles. The fraction of sp³-hybridized carbons (Fsp3) is 1.00. The Hall–Kier alpha value is -0.0400. The van der Waals surface area contributed by atoms with Gasteiger partial charge in [-0.3, -0.25) is 0 Å². The van der Waals surface area contributed by atoms with E-state index in [0.717, 1.165) is 17.8 Å². The molecular formula is C10H19N. The number of piperidine rings is 1. The van der Waals surface area contributed by atoms with Crippen LogP contribution < -0.4 is 5.32 Å². The normalized spacial score (nSPS) is 42.3. The average molecular weight is 153 g/mol. The quantitative estimate of drug-likeness (QED) is 0.606. The van der Waals surface area contributed by atoms with Crippen LogP contribution in [0.15, 0.2) is 0 Å². The Morgan fingerprint density at radius 2 is 1.73 bits per heavy atom. The van der Waals surface area contributed by atoms with E-state index >= 15 is 0 Å². The third-order valence-electron chi connectivity index (χ3n) is 3.12. The van der Waals surface area contributed by atoms with Gasteiger partial charge in [0.15, 0.2) is 0 Å². The third-order valence-corrected chi connectivity index (χ3v) is 3.12. The Morgan fingerprint density at radius 3 is 2.18 bits per heavy atom. The summed E-state index contributed by atoms with van der Waals surface area (Å²) >= 11 is 0. The predicted octanol–water partition coefficient (Wildman–Crippen LogP) is 1.89. The molecule has 0 aromatic carbocycles. The van der Waals surface area contributed by atoms with Crippen molar-refractivity contribution in [2.45, 2.75) is 27.2 Å². The Bertz CT molecular complexity index is 147. The van der Waals surface area contributed by atoms with Crippen molar-refractivity contribution in [2.24, 2.45) is 23.2 Å². The van der Waals surface area contributed by atoms with Gasteiger partial charge in [0, 0.05) is 0 Å². The van der Waals surface area contributed by atoms with E-state index in [1.54, 1.807) is 0 Å². The van der Waals surface area contributed by atoms with Crippen LogP contribution in [0.4, 0.5) is 0 Å². The lowest BCUT2D eigenvalue weighted by molar-refractivity contribution is 0.330. The van der Waals surface area contributed by atoms with Crippen LogP contribution in [-0.2, 0) is 0 Å². The molecule has 2 rings (SSSR count). The summed E-state index contributed by atoms with van der Waals surface area (Å²) in [7, 11) is 0. The summed E-state index contributed by atoms with van der Waals surface area (Å²) in [5.74, 6) is 3.17. The number of rotatable bonds is 1. The van der Waals surface area contributed by atoms with Crippen LogP contribution in [0.25, 0.3) is 0 Å². The summed E-state index contributed by atoms with van der Waals surface area (Å²) in [6.07, 6.45) is 1.43. The fourth-order valence-electron chi connectivity index (χ4n) is 2.56. The van der Waals surface area contributed by atoms with Crippen molar-refractivity contribution < 1.29 is 0 Å². The van der Waals surface area contributed by atoms with Crippen LogP contribution in [0, 0.1) is 23.2 Å². The lowest BCUT2D eigenvalue weighted by atomic mass is 9.88. The Morgan fingerprint density at radius 1 is 1.18 bits per heavy atom. The number of hydrogen-bond donors (Lipinski definition) is 1. The van der Waals surface area contributed by atoms with Crippen LogP contribution in [0.3, 0.4) is 0 Å². The summed E-state index contributed by atoms with van der Waals surface area (Å²) in [6.45, 7) is 9.66. The van der Waals surface area contributed by atoms with Crippen LogP contribution >= 0.6 is 0 Å². The minimum atomic E-state index is 0.551. The predicted molar refractivity (Wildman–Crippen MR) is 47.4 cm³/mol. The largest absolute Gasteiger partial charge is 0.316 e. The van der Waals surface area contributed by atoms with Crippen molar-refractivity contribution in [3.8, 4) is 0 Å². The van der Waals surface area contributed by atoms with Crippen LogP contribution in [-0.4, -0.2) is 13.1 Å². The Balaban J connectivity index is 1.83. The van der Waals surface area contributed by atoms with E-state index in [0.29, 0.717) is 5.41 Å². The first-order chi connectivity index (χ1) is 5.08. The summed E-state index contributed by atoms with van der Waals surface area (Å²) in [5.41, 5.74) is 0.551. The molecule has 1 heteroatoms. The second kappa shape index (κ2) is 2.22. The molecule has 2 fully saturated rings. The molecule has 0 radical (unpaired) electrons. The van der Waals surface area contributed by atoms with Crippen molar-refractivity contribution in [3.05, 3.63) is 0 Å². The van der Waals surface area contributed by atoms with Gasteiger partial charge in [0.2, 0.25) is 0 Å². The highest BCUT2D eigenvalue weighted by Gasteiger charge is 2.53. The minimum absolute atomic E-state index is 0.551. The molecule has 0 spiro atoms. The van der Waals surface area contributed by atoms with Crippen molar-refractivity contribution in [1.29, 1.82) is 0 Å². The summed E-state index contributed by atoms with van der Waals surface area (Å²) in [5, 5.41) is 3.44. The van der Waals surface area contributed by atoms with E-state index in [9.17, 15) is 0 Å². The topological polar surface area (TPSA) is 12.0 Å². The van der Waals surface area contributed by atoms with E-state index in [1.807, 2.05) is 0 Å². The molecule has 64 valence electrons. The molecule has 1 N–H and O–H groups in total. The third kappa shape index (κ3) is 1.44. The Kier molecular flexibility index (Phi) is 1.54. The average Bonchev–Trinajstić information content (AvgIpc) is 2.39. The summed E-state index contributed by atoms with van der Waals surface area (Å²) in [4.78, 5) is 0. The Labute approximate surface area is 69.6 Å². The molecule has 1 unspecified atom stereocenters. The molecular weight excluding hydrogens is 134 g/mol.